The molecule has 6 nitrogen and oxygen atoms in total. The predicted molar refractivity (Wildman–Crippen MR) is 91.8 cm³/mol. The Hall–Kier alpha value is -2.84. The monoisotopic (exact) mass is 370 g/mol. The van der Waals surface area contributed by atoms with Gasteiger partial charge in [-0.2, -0.15) is 0 Å². The second-order valence-corrected chi connectivity index (χ2v) is 8.11. The van der Waals surface area contributed by atoms with Crippen molar-refractivity contribution in [2.24, 2.45) is 0 Å². The molecule has 1 aliphatic heterocycles. The van der Waals surface area contributed by atoms with E-state index in [-0.39, 0.29) is 32.3 Å². The number of carbonyl (C=O) groups is 2. The highest BCUT2D eigenvalue weighted by Gasteiger charge is 2.35. The first-order valence-electron chi connectivity index (χ1n) is 7.22. The van der Waals surface area contributed by atoms with E-state index in [1.807, 2.05) is 0 Å². The third-order valence-electron chi connectivity index (χ3n) is 3.85. The summed E-state index contributed by atoms with van der Waals surface area (Å²) in [6.07, 6.45) is 1.55. The molecule has 3 aromatic rings. The van der Waals surface area contributed by atoms with Crippen molar-refractivity contribution < 1.29 is 18.0 Å². The Morgan fingerprint density at radius 1 is 1.04 bits per heavy atom. The van der Waals surface area contributed by atoms with Gasteiger partial charge in [0, 0.05) is 28.3 Å². The first-order chi connectivity index (χ1) is 12.0. The van der Waals surface area contributed by atoms with Gasteiger partial charge in [0.25, 0.3) is 5.91 Å². The number of hydrogen-bond donors (Lipinski definition) is 1. The van der Waals surface area contributed by atoms with Gasteiger partial charge in [-0.3, -0.25) is 14.9 Å². The molecule has 1 amide bonds. The number of aromatic nitrogens is 1. The van der Waals surface area contributed by atoms with Gasteiger partial charge in [0.1, 0.15) is 0 Å². The van der Waals surface area contributed by atoms with E-state index in [1.54, 1.807) is 23.7 Å². The molecule has 124 valence electrons. The third-order valence-corrected chi connectivity index (χ3v) is 6.39. The highest BCUT2D eigenvalue weighted by Crippen LogP contribution is 2.34. The van der Waals surface area contributed by atoms with Crippen LogP contribution in [0.4, 0.5) is 5.13 Å². The fourth-order valence-electron chi connectivity index (χ4n) is 2.68. The molecule has 1 N–H and O–H groups in total. The van der Waals surface area contributed by atoms with Crippen LogP contribution in [0.1, 0.15) is 26.3 Å². The highest BCUT2D eigenvalue weighted by molar-refractivity contribution is 7.91. The second-order valence-electron chi connectivity index (χ2n) is 5.33. The van der Waals surface area contributed by atoms with Crippen molar-refractivity contribution in [2.45, 2.75) is 9.79 Å². The molecule has 4 rings (SSSR count). The lowest BCUT2D eigenvalue weighted by Crippen LogP contribution is -2.21. The Bertz CT molecular complexity index is 1120. The summed E-state index contributed by atoms with van der Waals surface area (Å²) in [5.74, 6) is -0.855. The number of thiazole rings is 1. The van der Waals surface area contributed by atoms with E-state index in [0.717, 1.165) is 0 Å². The van der Waals surface area contributed by atoms with Crippen LogP contribution in [0.25, 0.3) is 0 Å². The number of amides is 1. The molecule has 0 saturated carbocycles. The second kappa shape index (κ2) is 5.61. The molecular formula is C17H10N2O4S2. The molecule has 2 aromatic carbocycles. The van der Waals surface area contributed by atoms with Crippen molar-refractivity contribution in [3.05, 3.63) is 70.7 Å². The summed E-state index contributed by atoms with van der Waals surface area (Å²) in [4.78, 5) is 28.6. The van der Waals surface area contributed by atoms with E-state index >= 15 is 0 Å². The number of anilines is 1. The van der Waals surface area contributed by atoms with Crippen molar-refractivity contribution in [3.63, 3.8) is 0 Å². The maximum Gasteiger partial charge on any atom is 0.257 e. The van der Waals surface area contributed by atoms with Gasteiger partial charge in [-0.05, 0) is 30.3 Å². The predicted octanol–water partition coefficient (Wildman–Crippen LogP) is 2.77. The van der Waals surface area contributed by atoms with Crippen LogP contribution in [0.15, 0.2) is 63.8 Å². The zero-order valence-electron chi connectivity index (χ0n) is 12.6. The van der Waals surface area contributed by atoms with E-state index in [4.69, 9.17) is 0 Å². The third kappa shape index (κ3) is 2.46. The van der Waals surface area contributed by atoms with Gasteiger partial charge in [0.2, 0.25) is 9.84 Å². The Kier molecular flexibility index (Phi) is 3.52. The lowest BCUT2D eigenvalue weighted by atomic mass is 10.0. The fraction of sp³-hybridized carbons (Fsp3) is 0. The van der Waals surface area contributed by atoms with Gasteiger partial charge < -0.3 is 0 Å². The average Bonchev–Trinajstić information content (AvgIpc) is 3.12. The molecule has 0 aliphatic carbocycles. The Morgan fingerprint density at radius 3 is 2.56 bits per heavy atom. The summed E-state index contributed by atoms with van der Waals surface area (Å²) in [6, 6.07) is 10.1. The summed E-state index contributed by atoms with van der Waals surface area (Å²) in [6.45, 7) is 0. The molecule has 0 radical (unpaired) electrons. The van der Waals surface area contributed by atoms with Crippen LogP contribution in [-0.2, 0) is 9.84 Å². The molecule has 0 saturated heterocycles. The van der Waals surface area contributed by atoms with Gasteiger partial charge in [0.15, 0.2) is 10.9 Å². The van der Waals surface area contributed by atoms with Crippen molar-refractivity contribution in [1.29, 1.82) is 0 Å². The van der Waals surface area contributed by atoms with Crippen molar-refractivity contribution >= 4 is 38.0 Å². The highest BCUT2D eigenvalue weighted by atomic mass is 32.2. The van der Waals surface area contributed by atoms with Crippen molar-refractivity contribution in [3.8, 4) is 0 Å². The van der Waals surface area contributed by atoms with Gasteiger partial charge in [-0.1, -0.05) is 12.1 Å². The number of fused-ring (bicyclic) bond motifs is 2. The first-order valence-corrected chi connectivity index (χ1v) is 9.58. The largest absolute Gasteiger partial charge is 0.298 e. The number of nitrogens with zero attached hydrogens (tertiary/aromatic N) is 1. The van der Waals surface area contributed by atoms with E-state index in [2.05, 4.69) is 10.3 Å². The first kappa shape index (κ1) is 15.7. The number of ketones is 1. The Balaban J connectivity index is 1.81. The van der Waals surface area contributed by atoms with Crippen LogP contribution in [0.3, 0.4) is 0 Å². The normalized spacial score (nSPS) is 14.5. The fourth-order valence-corrected chi connectivity index (χ4v) is 4.88. The number of sulfone groups is 1. The molecule has 1 aromatic heterocycles. The van der Waals surface area contributed by atoms with Crippen LogP contribution in [0.2, 0.25) is 0 Å². The number of benzene rings is 2. The van der Waals surface area contributed by atoms with Crippen molar-refractivity contribution in [1.82, 2.24) is 4.98 Å². The van der Waals surface area contributed by atoms with Crippen LogP contribution < -0.4 is 5.32 Å². The molecule has 0 fully saturated rings. The molecular weight excluding hydrogens is 360 g/mol. The molecule has 0 spiro atoms. The maximum atomic E-state index is 12.8. The topological polar surface area (TPSA) is 93.2 Å². The number of nitrogens with one attached hydrogen (secondary N) is 1. The van der Waals surface area contributed by atoms with Gasteiger partial charge in [-0.25, -0.2) is 13.4 Å². The van der Waals surface area contributed by atoms with Crippen LogP contribution in [-0.4, -0.2) is 25.1 Å². The Labute approximate surface area is 147 Å². The van der Waals surface area contributed by atoms with Crippen LogP contribution in [0.5, 0.6) is 0 Å². The zero-order chi connectivity index (χ0) is 17.6. The lowest BCUT2D eigenvalue weighted by Gasteiger charge is -2.19. The zero-order valence-corrected chi connectivity index (χ0v) is 14.2. The molecule has 0 unspecified atom stereocenters. The lowest BCUT2D eigenvalue weighted by molar-refractivity contribution is 0.101. The average molecular weight is 370 g/mol. The summed E-state index contributed by atoms with van der Waals surface area (Å²) in [7, 11) is -3.87. The van der Waals surface area contributed by atoms with Crippen LogP contribution >= 0.6 is 11.3 Å². The minimum Gasteiger partial charge on any atom is -0.298 e. The minimum atomic E-state index is -3.87. The molecule has 2 heterocycles. The summed E-state index contributed by atoms with van der Waals surface area (Å²) < 4.78 is 25.7. The van der Waals surface area contributed by atoms with Gasteiger partial charge in [-0.15, -0.1) is 11.3 Å². The van der Waals surface area contributed by atoms with E-state index in [9.17, 15) is 18.0 Å². The van der Waals surface area contributed by atoms with E-state index in [0.29, 0.717) is 5.13 Å². The van der Waals surface area contributed by atoms with Crippen LogP contribution in [0, 0.1) is 0 Å². The summed E-state index contributed by atoms with van der Waals surface area (Å²) in [5, 5.41) is 4.71. The summed E-state index contributed by atoms with van der Waals surface area (Å²) >= 11 is 1.25. The molecule has 8 heteroatoms. The van der Waals surface area contributed by atoms with Gasteiger partial charge >= 0.3 is 0 Å². The SMILES string of the molecule is O=C(Nc1nccs1)c1ccc2c(c1)S(=O)(=O)c1ccccc1C2=O. The van der Waals surface area contributed by atoms with Crippen molar-refractivity contribution in [2.75, 3.05) is 5.32 Å². The number of hydrogen-bond acceptors (Lipinski definition) is 6. The molecule has 1 aliphatic rings. The molecule has 0 bridgehead atoms. The van der Waals surface area contributed by atoms with E-state index < -0.39 is 15.7 Å². The van der Waals surface area contributed by atoms with E-state index in [1.165, 1.54) is 41.7 Å². The quantitative estimate of drug-likeness (QED) is 0.586. The summed E-state index contributed by atoms with van der Waals surface area (Å²) in [5.41, 5.74) is 0.365. The Morgan fingerprint density at radius 2 is 1.80 bits per heavy atom. The van der Waals surface area contributed by atoms with Gasteiger partial charge in [0.05, 0.1) is 9.79 Å². The molecule has 0 atom stereocenters. The maximum absolute atomic E-state index is 12.8. The number of carbonyl (C=O) groups excluding carboxylic acids is 2. The smallest absolute Gasteiger partial charge is 0.257 e. The number of rotatable bonds is 2. The standard InChI is InChI=1S/C17H10N2O4S2/c20-15-11-3-1-2-4-13(11)25(22,23)14-9-10(5-6-12(14)15)16(21)19-17-18-7-8-24-17/h1-9H,(H,18,19,21). The molecule has 25 heavy (non-hydrogen) atoms. The minimum absolute atomic E-state index is 0.0371.